The molecule has 3 heteroatoms. The fourth-order valence-electron chi connectivity index (χ4n) is 4.31. The molecule has 0 spiro atoms. The van der Waals surface area contributed by atoms with Crippen molar-refractivity contribution in [3.8, 4) is 0 Å². The van der Waals surface area contributed by atoms with Gasteiger partial charge in [-0.3, -0.25) is 4.79 Å². The summed E-state index contributed by atoms with van der Waals surface area (Å²) in [6, 6.07) is 9.28. The van der Waals surface area contributed by atoms with Crippen LogP contribution in [0.1, 0.15) is 74.8 Å². The maximum atomic E-state index is 11.7. The normalized spacial score (nSPS) is 25.4. The average molecular weight is 330 g/mol. The van der Waals surface area contributed by atoms with Crippen molar-refractivity contribution in [1.29, 1.82) is 0 Å². The van der Waals surface area contributed by atoms with Crippen LogP contribution in [0, 0.1) is 5.92 Å². The van der Waals surface area contributed by atoms with Gasteiger partial charge >= 0.3 is 5.97 Å². The lowest BCUT2D eigenvalue weighted by Crippen LogP contribution is -2.19. The molecule has 132 valence electrons. The fourth-order valence-corrected chi connectivity index (χ4v) is 4.31. The number of benzene rings is 1. The Labute approximate surface area is 145 Å². The Kier molecular flexibility index (Phi) is 6.30. The van der Waals surface area contributed by atoms with E-state index in [9.17, 15) is 4.79 Å². The summed E-state index contributed by atoms with van der Waals surface area (Å²) >= 11 is 0. The van der Waals surface area contributed by atoms with Gasteiger partial charge in [0.1, 0.15) is 0 Å². The first-order valence-corrected chi connectivity index (χ1v) is 9.59. The maximum absolute atomic E-state index is 11.7. The van der Waals surface area contributed by atoms with E-state index in [4.69, 9.17) is 9.47 Å². The summed E-state index contributed by atoms with van der Waals surface area (Å²) in [6.07, 6.45) is 7.62. The zero-order chi connectivity index (χ0) is 16.8. The van der Waals surface area contributed by atoms with Crippen LogP contribution < -0.4 is 0 Å². The third kappa shape index (κ3) is 4.60. The van der Waals surface area contributed by atoms with Gasteiger partial charge in [0.2, 0.25) is 0 Å². The van der Waals surface area contributed by atoms with Crippen molar-refractivity contribution < 1.29 is 14.3 Å². The van der Waals surface area contributed by atoms with Crippen LogP contribution in [0.2, 0.25) is 0 Å². The molecule has 1 aromatic rings. The highest BCUT2D eigenvalue weighted by atomic mass is 16.5. The van der Waals surface area contributed by atoms with Gasteiger partial charge in [-0.05, 0) is 67.9 Å². The predicted octanol–water partition coefficient (Wildman–Crippen LogP) is 4.81. The lowest BCUT2D eigenvalue weighted by Gasteiger charge is -2.29. The standard InChI is InChI=1S/C21H30O3/c1-2-24-21(22)15-16-4-3-5-20(14-16)18-8-6-17(7-9-18)19-10-12-23-13-11-19/h6-9,16,19-20H,2-5,10-15H2,1H3. The second-order valence-electron chi connectivity index (χ2n) is 7.29. The Morgan fingerprint density at radius 2 is 1.71 bits per heavy atom. The minimum Gasteiger partial charge on any atom is -0.466 e. The van der Waals surface area contributed by atoms with Crippen molar-refractivity contribution in [2.24, 2.45) is 5.92 Å². The Morgan fingerprint density at radius 1 is 1.04 bits per heavy atom. The van der Waals surface area contributed by atoms with Crippen LogP contribution in [-0.2, 0) is 14.3 Å². The first-order valence-electron chi connectivity index (χ1n) is 9.59. The molecular formula is C21H30O3. The van der Waals surface area contributed by atoms with Crippen LogP contribution in [-0.4, -0.2) is 25.8 Å². The number of esters is 1. The molecule has 0 amide bonds. The summed E-state index contributed by atoms with van der Waals surface area (Å²) in [7, 11) is 0. The van der Waals surface area contributed by atoms with Crippen LogP contribution in [0.4, 0.5) is 0 Å². The lowest BCUT2D eigenvalue weighted by atomic mass is 9.76. The van der Waals surface area contributed by atoms with Crippen LogP contribution in [0.5, 0.6) is 0 Å². The van der Waals surface area contributed by atoms with Gasteiger partial charge in [-0.25, -0.2) is 0 Å². The second kappa shape index (κ2) is 8.66. The molecule has 1 aromatic carbocycles. The predicted molar refractivity (Wildman–Crippen MR) is 95.2 cm³/mol. The number of ether oxygens (including phenoxy) is 2. The van der Waals surface area contributed by atoms with Crippen LogP contribution in [0.15, 0.2) is 24.3 Å². The number of hydrogen-bond donors (Lipinski definition) is 0. The fraction of sp³-hybridized carbons (Fsp3) is 0.667. The molecule has 0 N–H and O–H groups in total. The number of rotatable bonds is 5. The highest BCUT2D eigenvalue weighted by molar-refractivity contribution is 5.69. The van der Waals surface area contributed by atoms with Crippen molar-refractivity contribution in [3.05, 3.63) is 35.4 Å². The monoisotopic (exact) mass is 330 g/mol. The van der Waals surface area contributed by atoms with E-state index in [-0.39, 0.29) is 5.97 Å². The highest BCUT2D eigenvalue weighted by Crippen LogP contribution is 2.38. The van der Waals surface area contributed by atoms with E-state index in [2.05, 4.69) is 24.3 Å². The molecule has 3 rings (SSSR count). The Balaban J connectivity index is 1.58. The van der Waals surface area contributed by atoms with Gasteiger partial charge in [0.25, 0.3) is 0 Å². The van der Waals surface area contributed by atoms with Crippen molar-refractivity contribution in [3.63, 3.8) is 0 Å². The van der Waals surface area contributed by atoms with Crippen LogP contribution >= 0.6 is 0 Å². The number of hydrogen-bond acceptors (Lipinski definition) is 3. The van der Waals surface area contributed by atoms with Gasteiger partial charge in [0.15, 0.2) is 0 Å². The van der Waals surface area contributed by atoms with E-state index in [0.717, 1.165) is 38.9 Å². The Morgan fingerprint density at radius 3 is 2.38 bits per heavy atom. The second-order valence-corrected chi connectivity index (χ2v) is 7.29. The molecule has 1 saturated carbocycles. The summed E-state index contributed by atoms with van der Waals surface area (Å²) in [4.78, 5) is 11.7. The van der Waals surface area contributed by atoms with Gasteiger partial charge in [0, 0.05) is 19.6 Å². The first kappa shape index (κ1) is 17.5. The van der Waals surface area contributed by atoms with Crippen molar-refractivity contribution >= 4 is 5.97 Å². The van der Waals surface area contributed by atoms with E-state index in [1.165, 1.54) is 24.0 Å². The minimum atomic E-state index is -0.0296. The molecule has 0 radical (unpaired) electrons. The van der Waals surface area contributed by atoms with Crippen molar-refractivity contribution in [2.45, 2.75) is 63.7 Å². The Hall–Kier alpha value is -1.35. The molecule has 1 aliphatic heterocycles. The van der Waals surface area contributed by atoms with Gasteiger partial charge in [-0.1, -0.05) is 30.7 Å². The van der Waals surface area contributed by atoms with E-state index >= 15 is 0 Å². The molecular weight excluding hydrogens is 300 g/mol. The maximum Gasteiger partial charge on any atom is 0.306 e. The van der Waals surface area contributed by atoms with Crippen molar-refractivity contribution in [2.75, 3.05) is 19.8 Å². The molecule has 1 aliphatic carbocycles. The van der Waals surface area contributed by atoms with E-state index in [0.29, 0.717) is 30.8 Å². The van der Waals surface area contributed by atoms with E-state index in [1.807, 2.05) is 6.92 Å². The molecule has 1 heterocycles. The quantitative estimate of drug-likeness (QED) is 0.727. The molecule has 1 saturated heterocycles. The third-order valence-corrected chi connectivity index (χ3v) is 5.64. The van der Waals surface area contributed by atoms with Gasteiger partial charge in [-0.15, -0.1) is 0 Å². The largest absolute Gasteiger partial charge is 0.466 e. The van der Waals surface area contributed by atoms with Crippen molar-refractivity contribution in [1.82, 2.24) is 0 Å². The SMILES string of the molecule is CCOC(=O)CC1CCCC(c2ccc(C3CCOCC3)cc2)C1. The van der Waals surface area contributed by atoms with Crippen LogP contribution in [0.3, 0.4) is 0 Å². The molecule has 2 atom stereocenters. The average Bonchev–Trinajstić information content (AvgIpc) is 2.63. The summed E-state index contributed by atoms with van der Waals surface area (Å²) in [5.41, 5.74) is 2.90. The molecule has 0 aromatic heterocycles. The lowest BCUT2D eigenvalue weighted by molar-refractivity contribution is -0.144. The molecule has 0 bridgehead atoms. The molecule has 2 unspecified atom stereocenters. The molecule has 2 aliphatic rings. The summed E-state index contributed by atoms with van der Waals surface area (Å²) in [6.45, 7) is 4.15. The first-order chi connectivity index (χ1) is 11.8. The van der Waals surface area contributed by atoms with Crippen LogP contribution in [0.25, 0.3) is 0 Å². The zero-order valence-corrected chi connectivity index (χ0v) is 14.8. The molecule has 2 fully saturated rings. The highest BCUT2D eigenvalue weighted by Gasteiger charge is 2.25. The number of carbonyl (C=O) groups is 1. The number of carbonyl (C=O) groups excluding carboxylic acids is 1. The van der Waals surface area contributed by atoms with Gasteiger partial charge in [-0.2, -0.15) is 0 Å². The summed E-state index contributed by atoms with van der Waals surface area (Å²) < 4.78 is 10.6. The zero-order valence-electron chi connectivity index (χ0n) is 14.8. The minimum absolute atomic E-state index is 0.0296. The molecule has 3 nitrogen and oxygen atoms in total. The smallest absolute Gasteiger partial charge is 0.306 e. The topological polar surface area (TPSA) is 35.5 Å². The summed E-state index contributed by atoms with van der Waals surface area (Å²) in [5.74, 6) is 1.72. The van der Waals surface area contributed by atoms with E-state index in [1.54, 1.807) is 0 Å². The molecule has 24 heavy (non-hydrogen) atoms. The third-order valence-electron chi connectivity index (χ3n) is 5.64. The summed E-state index contributed by atoms with van der Waals surface area (Å²) in [5, 5.41) is 0. The van der Waals surface area contributed by atoms with Gasteiger partial charge in [0.05, 0.1) is 6.61 Å². The van der Waals surface area contributed by atoms with Gasteiger partial charge < -0.3 is 9.47 Å². The van der Waals surface area contributed by atoms with E-state index < -0.39 is 0 Å². The Bertz CT molecular complexity index is 516.